The second kappa shape index (κ2) is 11.9. The maximum atomic E-state index is 12.2. The van der Waals surface area contributed by atoms with Gasteiger partial charge in [0.1, 0.15) is 0 Å². The zero-order valence-corrected chi connectivity index (χ0v) is 16.8. The van der Waals surface area contributed by atoms with E-state index in [1.54, 1.807) is 0 Å². The van der Waals surface area contributed by atoms with Gasteiger partial charge in [-0.1, -0.05) is 35.5 Å². The fourth-order valence-corrected chi connectivity index (χ4v) is 3.00. The van der Waals surface area contributed by atoms with Crippen LogP contribution in [0.15, 0.2) is 34.9 Å². The number of nitrogens with one attached hydrogen (secondary N) is 1. The molecule has 9 heteroatoms. The molecule has 1 fully saturated rings. The highest BCUT2D eigenvalue weighted by Gasteiger charge is 2.24. The summed E-state index contributed by atoms with van der Waals surface area (Å²) in [5.74, 6) is 0.963. The molecule has 0 radical (unpaired) electrons. The molecule has 2 N–H and O–H groups in total. The van der Waals surface area contributed by atoms with Crippen LogP contribution in [0.3, 0.4) is 0 Å². The second-order valence-corrected chi connectivity index (χ2v) is 6.93. The van der Waals surface area contributed by atoms with Crippen molar-refractivity contribution in [3.63, 3.8) is 0 Å². The van der Waals surface area contributed by atoms with E-state index in [0.29, 0.717) is 37.2 Å². The Labute approximate surface area is 170 Å². The Morgan fingerprint density at radius 2 is 2.10 bits per heavy atom. The first-order valence-electron chi connectivity index (χ1n) is 9.57. The number of benzene rings is 1. The van der Waals surface area contributed by atoms with Gasteiger partial charge in [0.2, 0.25) is 11.8 Å². The lowest BCUT2D eigenvalue weighted by Gasteiger charge is -2.35. The topological polar surface area (TPSA) is 118 Å². The predicted octanol–water partition coefficient (Wildman–Crippen LogP) is 1.48. The molecular formula is C20H28N4O5. The maximum Gasteiger partial charge on any atom is 0.290 e. The number of rotatable bonds is 7. The second-order valence-electron chi connectivity index (χ2n) is 6.93. The molecule has 29 heavy (non-hydrogen) atoms. The van der Waals surface area contributed by atoms with E-state index in [9.17, 15) is 4.79 Å². The summed E-state index contributed by atoms with van der Waals surface area (Å²) in [6.07, 6.45) is 0.885. The van der Waals surface area contributed by atoms with Gasteiger partial charge < -0.3 is 19.7 Å². The van der Waals surface area contributed by atoms with Crippen molar-refractivity contribution < 1.29 is 24.0 Å². The summed E-state index contributed by atoms with van der Waals surface area (Å²) in [5, 5.41) is 13.7. The van der Waals surface area contributed by atoms with E-state index < -0.39 is 0 Å². The van der Waals surface area contributed by atoms with Crippen LogP contribution in [-0.2, 0) is 27.3 Å². The molecule has 1 unspecified atom stereocenters. The third kappa shape index (κ3) is 8.00. The van der Waals surface area contributed by atoms with Gasteiger partial charge in [-0.05, 0) is 19.4 Å². The Hall–Kier alpha value is -2.78. The lowest BCUT2D eigenvalue weighted by atomic mass is 10.1. The molecular weight excluding hydrogens is 376 g/mol. The van der Waals surface area contributed by atoms with E-state index in [0.717, 1.165) is 18.7 Å². The average Bonchev–Trinajstić information content (AvgIpc) is 3.15. The molecule has 0 aliphatic carbocycles. The molecule has 0 saturated carbocycles. The minimum Gasteiger partial charge on any atom is -0.483 e. The Morgan fingerprint density at radius 3 is 2.79 bits per heavy atom. The minimum absolute atomic E-state index is 0.0663. The Balaban J connectivity index is 0.000000941. The number of ether oxygens (including phenoxy) is 1. The predicted molar refractivity (Wildman–Crippen MR) is 105 cm³/mol. The van der Waals surface area contributed by atoms with Gasteiger partial charge in [0.15, 0.2) is 5.82 Å². The summed E-state index contributed by atoms with van der Waals surface area (Å²) in [6, 6.07) is 10.4. The molecule has 2 aromatic rings. The van der Waals surface area contributed by atoms with Crippen molar-refractivity contribution >= 4 is 12.4 Å². The number of nitrogens with zero attached hydrogens (tertiary/aromatic N) is 3. The monoisotopic (exact) mass is 404 g/mol. The number of amides is 1. The van der Waals surface area contributed by atoms with Crippen molar-refractivity contribution in [1.29, 1.82) is 0 Å². The zero-order valence-electron chi connectivity index (χ0n) is 16.8. The minimum atomic E-state index is -0.250. The number of carbonyl (C=O) groups excluding carboxylic acids is 1. The summed E-state index contributed by atoms with van der Waals surface area (Å²) in [4.78, 5) is 27.2. The Morgan fingerprint density at radius 1 is 1.38 bits per heavy atom. The molecule has 1 aliphatic heterocycles. The highest BCUT2D eigenvalue weighted by molar-refractivity contribution is 5.76. The van der Waals surface area contributed by atoms with Crippen molar-refractivity contribution in [2.45, 2.75) is 45.4 Å². The molecule has 9 nitrogen and oxygen atoms in total. The number of aromatic nitrogens is 2. The third-order valence-electron chi connectivity index (χ3n) is 4.47. The highest BCUT2D eigenvalue weighted by Crippen LogP contribution is 2.12. The summed E-state index contributed by atoms with van der Waals surface area (Å²) >= 11 is 0. The summed E-state index contributed by atoms with van der Waals surface area (Å²) in [7, 11) is 0. The molecule has 3 rings (SSSR count). The van der Waals surface area contributed by atoms with E-state index in [2.05, 4.69) is 34.2 Å². The molecule has 1 aromatic carbocycles. The molecule has 0 bridgehead atoms. The van der Waals surface area contributed by atoms with Crippen LogP contribution in [0.25, 0.3) is 0 Å². The van der Waals surface area contributed by atoms with E-state index in [-0.39, 0.29) is 25.0 Å². The molecule has 158 valence electrons. The summed E-state index contributed by atoms with van der Waals surface area (Å²) in [6.45, 7) is 6.68. The molecule has 2 heterocycles. The molecule has 1 aromatic heterocycles. The maximum absolute atomic E-state index is 12.2. The molecule has 1 atom stereocenters. The van der Waals surface area contributed by atoms with Crippen LogP contribution in [0, 0.1) is 0 Å². The van der Waals surface area contributed by atoms with Gasteiger partial charge in [-0.2, -0.15) is 4.98 Å². The molecule has 1 amide bonds. The number of carboxylic acid groups (broad SMARTS) is 1. The van der Waals surface area contributed by atoms with Gasteiger partial charge in [0.25, 0.3) is 6.47 Å². The number of hydrogen-bond acceptors (Lipinski definition) is 7. The lowest BCUT2D eigenvalue weighted by Crippen LogP contribution is -2.47. The average molecular weight is 404 g/mol. The van der Waals surface area contributed by atoms with Crippen LogP contribution in [0.4, 0.5) is 0 Å². The fourth-order valence-electron chi connectivity index (χ4n) is 3.00. The van der Waals surface area contributed by atoms with E-state index in [4.69, 9.17) is 19.2 Å². The Kier molecular flexibility index (Phi) is 9.26. The van der Waals surface area contributed by atoms with Crippen LogP contribution in [0.2, 0.25) is 0 Å². The van der Waals surface area contributed by atoms with Crippen molar-refractivity contribution in [2.24, 2.45) is 0 Å². The van der Waals surface area contributed by atoms with Crippen molar-refractivity contribution in [3.05, 3.63) is 47.6 Å². The standard InChI is InChI=1S/C19H26N4O3.CH2O2/c1-14(2)23-8-9-25-16(13-23)11-18(24)20-12-19-21-17(22-26-19)10-15-6-4-3-5-7-15;2-1-3/h3-7,14,16H,8-13H2,1-2H3,(H,20,24);1H,(H,2,3). The van der Waals surface area contributed by atoms with Crippen molar-refractivity contribution in [1.82, 2.24) is 20.4 Å². The third-order valence-corrected chi connectivity index (χ3v) is 4.47. The van der Waals surface area contributed by atoms with E-state index in [1.807, 2.05) is 30.3 Å². The van der Waals surface area contributed by atoms with Crippen molar-refractivity contribution in [3.8, 4) is 0 Å². The number of morpholine rings is 1. The lowest BCUT2D eigenvalue weighted by molar-refractivity contribution is -0.127. The molecule has 1 aliphatic rings. The van der Waals surface area contributed by atoms with Gasteiger partial charge in [0, 0.05) is 25.6 Å². The van der Waals surface area contributed by atoms with Gasteiger partial charge in [-0.3, -0.25) is 14.5 Å². The first-order valence-corrected chi connectivity index (χ1v) is 9.57. The van der Waals surface area contributed by atoms with Gasteiger partial charge in [-0.15, -0.1) is 0 Å². The smallest absolute Gasteiger partial charge is 0.290 e. The van der Waals surface area contributed by atoms with Crippen molar-refractivity contribution in [2.75, 3.05) is 19.7 Å². The van der Waals surface area contributed by atoms with Crippen LogP contribution >= 0.6 is 0 Å². The van der Waals surface area contributed by atoms with Crippen LogP contribution < -0.4 is 5.32 Å². The SMILES string of the molecule is CC(C)N1CCOC(CC(=O)NCc2nc(Cc3ccccc3)no2)C1.O=CO. The normalized spacial score (nSPS) is 16.7. The largest absolute Gasteiger partial charge is 0.483 e. The fraction of sp³-hybridized carbons (Fsp3) is 0.500. The molecule has 0 spiro atoms. The van der Waals surface area contributed by atoms with Gasteiger partial charge in [-0.25, -0.2) is 0 Å². The number of carbonyl (C=O) groups is 2. The van der Waals surface area contributed by atoms with E-state index >= 15 is 0 Å². The summed E-state index contributed by atoms with van der Waals surface area (Å²) < 4.78 is 10.9. The summed E-state index contributed by atoms with van der Waals surface area (Å²) in [5.41, 5.74) is 1.12. The zero-order chi connectivity index (χ0) is 21.1. The number of hydrogen-bond donors (Lipinski definition) is 2. The highest BCUT2D eigenvalue weighted by atomic mass is 16.5. The molecule has 1 saturated heterocycles. The van der Waals surface area contributed by atoms with Gasteiger partial charge in [0.05, 0.1) is 25.7 Å². The first-order chi connectivity index (χ1) is 14.0. The van der Waals surface area contributed by atoms with E-state index in [1.165, 1.54) is 0 Å². The van der Waals surface area contributed by atoms with Gasteiger partial charge >= 0.3 is 0 Å². The van der Waals surface area contributed by atoms with Crippen LogP contribution in [-0.4, -0.2) is 64.4 Å². The van der Waals surface area contributed by atoms with Crippen LogP contribution in [0.5, 0.6) is 0 Å². The van der Waals surface area contributed by atoms with Crippen LogP contribution in [0.1, 0.15) is 37.5 Å². The Bertz CT molecular complexity index is 750. The quantitative estimate of drug-likeness (QED) is 0.666. The first kappa shape index (κ1) is 22.5.